The van der Waals surface area contributed by atoms with E-state index in [1.807, 2.05) is 53.2 Å². The van der Waals surface area contributed by atoms with Crippen molar-refractivity contribution in [2.24, 2.45) is 0 Å². The summed E-state index contributed by atoms with van der Waals surface area (Å²) in [6.07, 6.45) is 2.61. The molecule has 0 aliphatic carbocycles. The van der Waals surface area contributed by atoms with Crippen LogP contribution in [0, 0.1) is 0 Å². The molecule has 4 nitrogen and oxygen atoms in total. The summed E-state index contributed by atoms with van der Waals surface area (Å²) in [6, 6.07) is 17.7. The van der Waals surface area contributed by atoms with Gasteiger partial charge in [-0.15, -0.1) is 0 Å². The molecule has 3 rings (SSSR count). The van der Waals surface area contributed by atoms with Crippen LogP contribution in [0.25, 0.3) is 11.3 Å². The minimum Gasteiger partial charge on any atom is -0.489 e. The highest BCUT2D eigenvalue weighted by Crippen LogP contribution is 2.27. The molecule has 0 saturated carbocycles. The van der Waals surface area contributed by atoms with E-state index in [0.717, 1.165) is 23.1 Å². The SMILES string of the molecule is CC(C)n1nccc1-c1cc(C=O)cc(OCc2ccccc2)c1. The van der Waals surface area contributed by atoms with Gasteiger partial charge in [-0.25, -0.2) is 0 Å². The molecule has 0 spiro atoms. The van der Waals surface area contributed by atoms with Crippen molar-refractivity contribution in [2.75, 3.05) is 0 Å². The summed E-state index contributed by atoms with van der Waals surface area (Å²) in [5.74, 6) is 0.676. The molecule has 0 fully saturated rings. The van der Waals surface area contributed by atoms with Crippen molar-refractivity contribution >= 4 is 6.29 Å². The van der Waals surface area contributed by atoms with Gasteiger partial charge in [0, 0.05) is 23.4 Å². The minimum absolute atomic E-state index is 0.239. The molecule has 0 aliphatic rings. The third-order valence-corrected chi connectivity index (χ3v) is 3.77. The van der Waals surface area contributed by atoms with E-state index in [9.17, 15) is 4.79 Å². The largest absolute Gasteiger partial charge is 0.489 e. The van der Waals surface area contributed by atoms with Crippen molar-refractivity contribution in [3.63, 3.8) is 0 Å². The van der Waals surface area contributed by atoms with Crippen LogP contribution >= 0.6 is 0 Å². The lowest BCUT2D eigenvalue weighted by Gasteiger charge is -2.13. The zero-order valence-corrected chi connectivity index (χ0v) is 13.8. The number of carbonyl (C=O) groups is 1. The summed E-state index contributed by atoms with van der Waals surface area (Å²) < 4.78 is 7.82. The molecule has 1 aromatic heterocycles. The van der Waals surface area contributed by atoms with Crippen LogP contribution < -0.4 is 4.74 Å². The fourth-order valence-corrected chi connectivity index (χ4v) is 2.62. The van der Waals surface area contributed by atoms with Crippen molar-refractivity contribution in [2.45, 2.75) is 26.5 Å². The molecule has 0 atom stereocenters. The first-order chi connectivity index (χ1) is 11.7. The fourth-order valence-electron chi connectivity index (χ4n) is 2.62. The van der Waals surface area contributed by atoms with Crippen LogP contribution in [-0.4, -0.2) is 16.1 Å². The van der Waals surface area contributed by atoms with Crippen LogP contribution in [-0.2, 0) is 6.61 Å². The minimum atomic E-state index is 0.239. The quantitative estimate of drug-likeness (QED) is 0.627. The van der Waals surface area contributed by atoms with Crippen molar-refractivity contribution in [3.8, 4) is 17.0 Å². The van der Waals surface area contributed by atoms with E-state index in [2.05, 4.69) is 18.9 Å². The summed E-state index contributed by atoms with van der Waals surface area (Å²) in [5.41, 5.74) is 3.57. The first kappa shape index (κ1) is 16.0. The Kier molecular flexibility index (Phi) is 4.75. The molecule has 0 amide bonds. The van der Waals surface area contributed by atoms with Crippen molar-refractivity contribution in [1.82, 2.24) is 9.78 Å². The molecule has 4 heteroatoms. The third-order valence-electron chi connectivity index (χ3n) is 3.77. The van der Waals surface area contributed by atoms with E-state index < -0.39 is 0 Å². The Morgan fingerprint density at radius 1 is 1.12 bits per heavy atom. The van der Waals surface area contributed by atoms with E-state index in [-0.39, 0.29) is 6.04 Å². The first-order valence-electron chi connectivity index (χ1n) is 7.98. The Labute approximate surface area is 141 Å². The molecule has 2 aromatic carbocycles. The van der Waals surface area contributed by atoms with Crippen molar-refractivity contribution in [3.05, 3.63) is 71.9 Å². The smallest absolute Gasteiger partial charge is 0.150 e. The number of carbonyl (C=O) groups excluding carboxylic acids is 1. The summed E-state index contributed by atoms with van der Waals surface area (Å²) in [5, 5.41) is 4.36. The van der Waals surface area contributed by atoms with Crippen LogP contribution in [0.2, 0.25) is 0 Å². The summed E-state index contributed by atoms with van der Waals surface area (Å²) in [6.45, 7) is 4.62. The zero-order valence-electron chi connectivity index (χ0n) is 13.8. The lowest BCUT2D eigenvalue weighted by atomic mass is 10.1. The third kappa shape index (κ3) is 3.54. The van der Waals surface area contributed by atoms with Gasteiger partial charge in [0.2, 0.25) is 0 Å². The number of hydrogen-bond donors (Lipinski definition) is 0. The molecule has 1 heterocycles. The monoisotopic (exact) mass is 320 g/mol. The molecule has 0 unspecified atom stereocenters. The second-order valence-electron chi connectivity index (χ2n) is 5.94. The average Bonchev–Trinajstić information content (AvgIpc) is 3.11. The highest BCUT2D eigenvalue weighted by atomic mass is 16.5. The van der Waals surface area contributed by atoms with Gasteiger partial charge in [-0.3, -0.25) is 9.48 Å². The van der Waals surface area contributed by atoms with Gasteiger partial charge in [0.1, 0.15) is 18.6 Å². The first-order valence-corrected chi connectivity index (χ1v) is 7.98. The molecule has 24 heavy (non-hydrogen) atoms. The fraction of sp³-hybridized carbons (Fsp3) is 0.200. The van der Waals surface area contributed by atoms with Crippen molar-refractivity contribution < 1.29 is 9.53 Å². The topological polar surface area (TPSA) is 44.1 Å². The lowest BCUT2D eigenvalue weighted by molar-refractivity contribution is 0.112. The van der Waals surface area contributed by atoms with Crippen LogP contribution in [0.4, 0.5) is 0 Å². The zero-order chi connectivity index (χ0) is 16.9. The van der Waals surface area contributed by atoms with E-state index >= 15 is 0 Å². The Balaban J connectivity index is 1.91. The van der Waals surface area contributed by atoms with Gasteiger partial charge in [-0.05, 0) is 43.7 Å². The van der Waals surface area contributed by atoms with Crippen LogP contribution in [0.15, 0.2) is 60.8 Å². The highest BCUT2D eigenvalue weighted by molar-refractivity contribution is 5.79. The maximum Gasteiger partial charge on any atom is 0.150 e. The predicted molar refractivity (Wildman–Crippen MR) is 94.2 cm³/mol. The second kappa shape index (κ2) is 7.13. The molecule has 0 radical (unpaired) electrons. The molecule has 0 aliphatic heterocycles. The molecule has 0 N–H and O–H groups in total. The highest BCUT2D eigenvalue weighted by Gasteiger charge is 2.11. The number of aldehydes is 1. The van der Waals surface area contributed by atoms with Crippen LogP contribution in [0.3, 0.4) is 0 Å². The molecule has 0 bridgehead atoms. The van der Waals surface area contributed by atoms with Gasteiger partial charge >= 0.3 is 0 Å². The molecular formula is C20H20N2O2. The predicted octanol–water partition coefficient (Wildman–Crippen LogP) is 4.52. The van der Waals surface area contributed by atoms with Gasteiger partial charge in [-0.2, -0.15) is 5.10 Å². The average molecular weight is 320 g/mol. The number of hydrogen-bond acceptors (Lipinski definition) is 3. The Morgan fingerprint density at radius 2 is 1.92 bits per heavy atom. The number of benzene rings is 2. The van der Waals surface area contributed by atoms with E-state index in [1.165, 1.54) is 0 Å². The lowest BCUT2D eigenvalue weighted by Crippen LogP contribution is -2.05. The standard InChI is InChI=1S/C20H20N2O2/c1-15(2)22-20(8-9-21-22)18-10-17(13-23)11-19(12-18)24-14-16-6-4-3-5-7-16/h3-13,15H,14H2,1-2H3. The summed E-state index contributed by atoms with van der Waals surface area (Å²) in [4.78, 5) is 11.3. The Bertz CT molecular complexity index is 823. The second-order valence-corrected chi connectivity index (χ2v) is 5.94. The van der Waals surface area contributed by atoms with Gasteiger partial charge < -0.3 is 4.74 Å². The molecule has 122 valence electrons. The number of rotatable bonds is 6. The maximum absolute atomic E-state index is 11.3. The van der Waals surface area contributed by atoms with E-state index in [4.69, 9.17) is 4.74 Å². The summed E-state index contributed by atoms with van der Waals surface area (Å²) >= 11 is 0. The Hall–Kier alpha value is -2.88. The molecule has 3 aromatic rings. The number of aromatic nitrogens is 2. The molecular weight excluding hydrogens is 300 g/mol. The van der Waals surface area contributed by atoms with Gasteiger partial charge in [0.25, 0.3) is 0 Å². The van der Waals surface area contributed by atoms with Gasteiger partial charge in [0.15, 0.2) is 0 Å². The number of ether oxygens (including phenoxy) is 1. The van der Waals surface area contributed by atoms with Crippen LogP contribution in [0.5, 0.6) is 5.75 Å². The van der Waals surface area contributed by atoms with Crippen LogP contribution in [0.1, 0.15) is 35.8 Å². The van der Waals surface area contributed by atoms with E-state index in [0.29, 0.717) is 17.9 Å². The number of nitrogens with zero attached hydrogens (tertiary/aromatic N) is 2. The maximum atomic E-state index is 11.3. The Morgan fingerprint density at radius 3 is 2.62 bits per heavy atom. The normalized spacial score (nSPS) is 10.8. The molecule has 0 saturated heterocycles. The van der Waals surface area contributed by atoms with Crippen molar-refractivity contribution in [1.29, 1.82) is 0 Å². The van der Waals surface area contributed by atoms with Gasteiger partial charge in [-0.1, -0.05) is 30.3 Å². The summed E-state index contributed by atoms with van der Waals surface area (Å²) in [7, 11) is 0. The van der Waals surface area contributed by atoms with E-state index in [1.54, 1.807) is 12.3 Å². The van der Waals surface area contributed by atoms with Gasteiger partial charge in [0.05, 0.1) is 5.69 Å².